The minimum Gasteiger partial charge on any atom is -0.345 e. The summed E-state index contributed by atoms with van der Waals surface area (Å²) >= 11 is 0. The highest BCUT2D eigenvalue weighted by Gasteiger charge is 2.30. The first-order valence-electron chi connectivity index (χ1n) is 9.01. The number of hydrogen-bond donors (Lipinski definition) is 1. The average molecular weight is 390 g/mol. The van der Waals surface area contributed by atoms with Gasteiger partial charge in [-0.05, 0) is 47.7 Å². The molecule has 0 bridgehead atoms. The van der Waals surface area contributed by atoms with Gasteiger partial charge in [0.1, 0.15) is 6.04 Å². The molecule has 2 aromatic carbocycles. The SMILES string of the molecule is CC(=O)N[C@H](C)C(=O)N1CCc2c(cccc2-c2ccc(C(F)(F)F)cc2)C1. The van der Waals surface area contributed by atoms with E-state index >= 15 is 0 Å². The van der Waals surface area contributed by atoms with Crippen LogP contribution in [-0.2, 0) is 28.7 Å². The number of carbonyl (C=O) groups is 2. The van der Waals surface area contributed by atoms with Crippen LogP contribution in [0, 0.1) is 0 Å². The lowest BCUT2D eigenvalue weighted by molar-refractivity contribution is -0.137. The number of alkyl halides is 3. The van der Waals surface area contributed by atoms with Crippen molar-refractivity contribution in [1.82, 2.24) is 10.2 Å². The Hall–Kier alpha value is -2.83. The minimum absolute atomic E-state index is 0.152. The molecule has 1 N–H and O–H groups in total. The van der Waals surface area contributed by atoms with Crippen LogP contribution < -0.4 is 5.32 Å². The molecule has 1 atom stereocenters. The molecule has 148 valence electrons. The van der Waals surface area contributed by atoms with Gasteiger partial charge in [-0.15, -0.1) is 0 Å². The van der Waals surface area contributed by atoms with Gasteiger partial charge < -0.3 is 10.2 Å². The highest BCUT2D eigenvalue weighted by atomic mass is 19.4. The van der Waals surface area contributed by atoms with E-state index in [0.29, 0.717) is 19.5 Å². The predicted octanol–water partition coefficient (Wildman–Crippen LogP) is 3.78. The molecule has 0 saturated heterocycles. The number of amides is 2. The van der Waals surface area contributed by atoms with Gasteiger partial charge in [-0.25, -0.2) is 0 Å². The number of halogens is 3. The third kappa shape index (κ3) is 4.18. The van der Waals surface area contributed by atoms with Gasteiger partial charge in [0, 0.05) is 20.0 Å². The largest absolute Gasteiger partial charge is 0.416 e. The maximum Gasteiger partial charge on any atom is 0.416 e. The van der Waals surface area contributed by atoms with Crippen LogP contribution in [0.1, 0.15) is 30.5 Å². The van der Waals surface area contributed by atoms with Gasteiger partial charge in [0.2, 0.25) is 11.8 Å². The number of nitrogens with one attached hydrogen (secondary N) is 1. The molecule has 7 heteroatoms. The highest BCUT2D eigenvalue weighted by Crippen LogP contribution is 2.34. The Bertz CT molecular complexity index is 892. The van der Waals surface area contributed by atoms with E-state index in [1.165, 1.54) is 19.1 Å². The third-order valence-corrected chi connectivity index (χ3v) is 4.89. The molecule has 2 aromatic rings. The van der Waals surface area contributed by atoms with Crippen molar-refractivity contribution in [2.45, 2.75) is 39.0 Å². The van der Waals surface area contributed by atoms with Crippen LogP contribution in [-0.4, -0.2) is 29.3 Å². The summed E-state index contributed by atoms with van der Waals surface area (Å²) in [6.07, 6.45) is -3.76. The highest BCUT2D eigenvalue weighted by molar-refractivity contribution is 5.86. The van der Waals surface area contributed by atoms with Crippen molar-refractivity contribution in [3.8, 4) is 11.1 Å². The summed E-state index contributed by atoms with van der Waals surface area (Å²) in [6, 6.07) is 10.2. The molecule has 0 aliphatic carbocycles. The molecule has 0 unspecified atom stereocenters. The summed E-state index contributed by atoms with van der Waals surface area (Å²) in [6.45, 7) is 3.92. The second-order valence-corrected chi connectivity index (χ2v) is 6.95. The molecular formula is C21H21F3N2O2. The molecule has 0 spiro atoms. The van der Waals surface area contributed by atoms with Crippen LogP contribution in [0.15, 0.2) is 42.5 Å². The zero-order valence-corrected chi connectivity index (χ0v) is 15.6. The maximum absolute atomic E-state index is 12.8. The van der Waals surface area contributed by atoms with Crippen LogP contribution in [0.3, 0.4) is 0 Å². The number of carbonyl (C=O) groups excluding carboxylic acids is 2. The predicted molar refractivity (Wildman–Crippen MR) is 99.3 cm³/mol. The summed E-state index contributed by atoms with van der Waals surface area (Å²) in [7, 11) is 0. The van der Waals surface area contributed by atoms with Crippen LogP contribution in [0.4, 0.5) is 13.2 Å². The lowest BCUT2D eigenvalue weighted by Gasteiger charge is -2.32. The first-order chi connectivity index (χ1) is 13.2. The Labute approximate surface area is 161 Å². The molecule has 1 heterocycles. The van der Waals surface area contributed by atoms with Crippen molar-refractivity contribution in [3.05, 3.63) is 59.2 Å². The Morgan fingerprint density at radius 2 is 1.79 bits per heavy atom. The van der Waals surface area contributed by atoms with Gasteiger partial charge >= 0.3 is 6.18 Å². The summed E-state index contributed by atoms with van der Waals surface area (Å²) in [5.41, 5.74) is 2.93. The van der Waals surface area contributed by atoms with Gasteiger partial charge in [-0.1, -0.05) is 30.3 Å². The van der Waals surface area contributed by atoms with E-state index < -0.39 is 17.8 Å². The number of nitrogens with zero attached hydrogens (tertiary/aromatic N) is 1. The first-order valence-corrected chi connectivity index (χ1v) is 9.01. The summed E-state index contributed by atoms with van der Waals surface area (Å²) in [5.74, 6) is -0.413. The van der Waals surface area contributed by atoms with E-state index in [-0.39, 0.29) is 11.8 Å². The molecule has 0 saturated carbocycles. The van der Waals surface area contributed by atoms with E-state index in [0.717, 1.165) is 34.4 Å². The second-order valence-electron chi connectivity index (χ2n) is 6.95. The van der Waals surface area contributed by atoms with Crippen molar-refractivity contribution < 1.29 is 22.8 Å². The van der Waals surface area contributed by atoms with E-state index in [9.17, 15) is 22.8 Å². The summed E-state index contributed by atoms with van der Waals surface area (Å²) < 4.78 is 38.4. The van der Waals surface area contributed by atoms with Crippen LogP contribution in [0.5, 0.6) is 0 Å². The standard InChI is InChI=1S/C21H21F3N2O2/c1-13(25-14(2)27)20(28)26-11-10-19-16(12-26)4-3-5-18(19)15-6-8-17(9-7-15)21(22,23)24/h3-9,13H,10-12H2,1-2H3,(H,25,27)/t13-/m1/s1. The average Bonchev–Trinajstić information content (AvgIpc) is 2.65. The molecule has 4 nitrogen and oxygen atoms in total. The van der Waals surface area contributed by atoms with Crippen molar-refractivity contribution in [2.24, 2.45) is 0 Å². The number of benzene rings is 2. The fourth-order valence-corrected chi connectivity index (χ4v) is 3.55. The van der Waals surface area contributed by atoms with Crippen LogP contribution in [0.2, 0.25) is 0 Å². The van der Waals surface area contributed by atoms with E-state index in [1.807, 2.05) is 18.2 Å². The first kappa shape index (κ1) is 19.9. The number of fused-ring (bicyclic) bond motifs is 1. The van der Waals surface area contributed by atoms with Crippen LogP contribution in [0.25, 0.3) is 11.1 Å². The normalized spacial score (nSPS) is 15.0. The zero-order chi connectivity index (χ0) is 20.5. The van der Waals surface area contributed by atoms with Crippen molar-refractivity contribution >= 4 is 11.8 Å². The van der Waals surface area contributed by atoms with Crippen LogP contribution >= 0.6 is 0 Å². The fourth-order valence-electron chi connectivity index (χ4n) is 3.55. The Balaban J connectivity index is 1.83. The summed E-state index contributed by atoms with van der Waals surface area (Å²) in [4.78, 5) is 25.4. The van der Waals surface area contributed by atoms with E-state index in [2.05, 4.69) is 5.32 Å². The van der Waals surface area contributed by atoms with Crippen molar-refractivity contribution in [3.63, 3.8) is 0 Å². The lowest BCUT2D eigenvalue weighted by Crippen LogP contribution is -2.47. The molecule has 28 heavy (non-hydrogen) atoms. The molecular weight excluding hydrogens is 369 g/mol. The fraction of sp³-hybridized carbons (Fsp3) is 0.333. The van der Waals surface area contributed by atoms with Gasteiger partial charge in [0.25, 0.3) is 0 Å². The smallest absolute Gasteiger partial charge is 0.345 e. The van der Waals surface area contributed by atoms with Gasteiger partial charge in [0.05, 0.1) is 5.56 Å². The Kier molecular flexibility index (Phi) is 5.45. The molecule has 3 rings (SSSR count). The zero-order valence-electron chi connectivity index (χ0n) is 15.6. The Morgan fingerprint density at radius 1 is 1.11 bits per heavy atom. The minimum atomic E-state index is -4.36. The second kappa shape index (κ2) is 7.66. The quantitative estimate of drug-likeness (QED) is 0.867. The van der Waals surface area contributed by atoms with Crippen molar-refractivity contribution in [1.29, 1.82) is 0 Å². The lowest BCUT2D eigenvalue weighted by atomic mass is 9.90. The molecule has 0 radical (unpaired) electrons. The van der Waals surface area contributed by atoms with Gasteiger partial charge in [0.15, 0.2) is 0 Å². The van der Waals surface area contributed by atoms with E-state index in [1.54, 1.807) is 11.8 Å². The van der Waals surface area contributed by atoms with Gasteiger partial charge in [-0.2, -0.15) is 13.2 Å². The molecule has 0 aromatic heterocycles. The third-order valence-electron chi connectivity index (χ3n) is 4.89. The number of rotatable bonds is 3. The maximum atomic E-state index is 12.8. The van der Waals surface area contributed by atoms with Gasteiger partial charge in [-0.3, -0.25) is 9.59 Å². The monoisotopic (exact) mass is 390 g/mol. The molecule has 0 fully saturated rings. The topological polar surface area (TPSA) is 49.4 Å². The van der Waals surface area contributed by atoms with Crippen molar-refractivity contribution in [2.75, 3.05) is 6.54 Å². The molecule has 1 aliphatic heterocycles. The molecule has 2 amide bonds. The summed E-state index contributed by atoms with van der Waals surface area (Å²) in [5, 5.41) is 2.60. The Morgan fingerprint density at radius 3 is 2.39 bits per heavy atom. The molecule has 1 aliphatic rings. The number of hydrogen-bond acceptors (Lipinski definition) is 2. The van der Waals surface area contributed by atoms with E-state index in [4.69, 9.17) is 0 Å².